The van der Waals surface area contributed by atoms with Crippen molar-refractivity contribution in [3.63, 3.8) is 0 Å². The molecule has 0 bridgehead atoms. The first-order valence-corrected chi connectivity index (χ1v) is 9.40. The van der Waals surface area contributed by atoms with E-state index in [-0.39, 0.29) is 0 Å². The first-order valence-electron chi connectivity index (χ1n) is 7.34. The van der Waals surface area contributed by atoms with Gasteiger partial charge in [-0.25, -0.2) is 8.42 Å². The zero-order chi connectivity index (χ0) is 13.9. The van der Waals surface area contributed by atoms with Crippen LogP contribution in [-0.4, -0.2) is 33.5 Å². The Labute approximate surface area is 114 Å². The fraction of sp³-hybridized carbons (Fsp3) is 1.00. The Kier molecular flexibility index (Phi) is 10.7. The van der Waals surface area contributed by atoms with Gasteiger partial charge in [0, 0.05) is 18.1 Å². The molecule has 0 rings (SSSR count). The van der Waals surface area contributed by atoms with E-state index in [9.17, 15) is 8.42 Å². The number of hydrogen-bond donors (Lipinski definition) is 1. The highest BCUT2D eigenvalue weighted by molar-refractivity contribution is 7.90. The predicted octanol–water partition coefficient (Wildman–Crippen LogP) is 3.15. The summed E-state index contributed by atoms with van der Waals surface area (Å²) < 4.78 is 22.1. The summed E-state index contributed by atoms with van der Waals surface area (Å²) >= 11 is 0. The number of unbranched alkanes of at least 4 members (excludes halogenated alkanes) is 5. The lowest BCUT2D eigenvalue weighted by atomic mass is 10.0. The lowest BCUT2D eigenvalue weighted by Gasteiger charge is -2.15. The summed E-state index contributed by atoms with van der Waals surface area (Å²) in [6.07, 6.45) is 12.1. The van der Waals surface area contributed by atoms with Crippen LogP contribution < -0.4 is 5.32 Å². The van der Waals surface area contributed by atoms with Gasteiger partial charge >= 0.3 is 0 Å². The van der Waals surface area contributed by atoms with Crippen LogP contribution >= 0.6 is 0 Å². The van der Waals surface area contributed by atoms with Gasteiger partial charge in [0.2, 0.25) is 0 Å². The van der Waals surface area contributed by atoms with Crippen molar-refractivity contribution in [1.29, 1.82) is 0 Å². The van der Waals surface area contributed by atoms with E-state index in [0.29, 0.717) is 11.8 Å². The summed E-state index contributed by atoms with van der Waals surface area (Å²) in [5.74, 6) is 0.321. The summed E-state index contributed by atoms with van der Waals surface area (Å²) in [6.45, 7) is 2.23. The molecule has 0 fully saturated rings. The van der Waals surface area contributed by atoms with E-state index in [0.717, 1.165) is 12.8 Å². The van der Waals surface area contributed by atoms with Crippen LogP contribution in [-0.2, 0) is 9.84 Å². The minimum absolute atomic E-state index is 0.321. The third-order valence-electron chi connectivity index (χ3n) is 3.38. The first kappa shape index (κ1) is 17.9. The highest BCUT2D eigenvalue weighted by Crippen LogP contribution is 2.11. The maximum Gasteiger partial charge on any atom is 0.147 e. The molecular weight excluding hydrogens is 246 g/mol. The van der Waals surface area contributed by atoms with Crippen molar-refractivity contribution < 1.29 is 8.42 Å². The minimum Gasteiger partial charge on any atom is -0.317 e. The Morgan fingerprint density at radius 2 is 1.50 bits per heavy atom. The van der Waals surface area contributed by atoms with Gasteiger partial charge in [0.25, 0.3) is 0 Å². The van der Waals surface area contributed by atoms with E-state index in [1.54, 1.807) is 0 Å². The summed E-state index contributed by atoms with van der Waals surface area (Å²) in [7, 11) is -0.817. The molecule has 0 spiro atoms. The molecule has 0 aromatic rings. The molecule has 0 aliphatic rings. The van der Waals surface area contributed by atoms with Gasteiger partial charge in [-0.2, -0.15) is 0 Å². The summed E-state index contributed by atoms with van der Waals surface area (Å²) in [5.41, 5.74) is 0. The second-order valence-electron chi connectivity index (χ2n) is 5.31. The van der Waals surface area contributed by atoms with Crippen LogP contribution in [0.25, 0.3) is 0 Å². The second-order valence-corrected chi connectivity index (χ2v) is 7.57. The lowest BCUT2D eigenvalue weighted by molar-refractivity contribution is 0.453. The molecule has 1 N–H and O–H groups in total. The quantitative estimate of drug-likeness (QED) is 0.557. The van der Waals surface area contributed by atoms with Gasteiger partial charge in [-0.05, 0) is 26.3 Å². The van der Waals surface area contributed by atoms with Crippen molar-refractivity contribution in [1.82, 2.24) is 5.32 Å². The Hall–Kier alpha value is -0.0900. The molecule has 110 valence electrons. The topological polar surface area (TPSA) is 46.2 Å². The molecule has 0 aliphatic heterocycles. The van der Waals surface area contributed by atoms with E-state index in [4.69, 9.17) is 0 Å². The number of nitrogens with one attached hydrogen (secondary N) is 1. The third-order valence-corrected chi connectivity index (χ3v) is 4.41. The molecule has 3 nitrogen and oxygen atoms in total. The molecule has 0 saturated carbocycles. The molecule has 0 saturated heterocycles. The van der Waals surface area contributed by atoms with Crippen molar-refractivity contribution in [3.8, 4) is 0 Å². The van der Waals surface area contributed by atoms with Crippen LogP contribution in [0.4, 0.5) is 0 Å². The fourth-order valence-corrected chi connectivity index (χ4v) is 2.89. The van der Waals surface area contributed by atoms with Crippen molar-refractivity contribution in [2.75, 3.05) is 19.1 Å². The molecule has 1 unspecified atom stereocenters. The normalized spacial score (nSPS) is 13.7. The molecule has 0 heterocycles. The van der Waals surface area contributed by atoms with Crippen LogP contribution in [0, 0.1) is 0 Å². The van der Waals surface area contributed by atoms with Crippen molar-refractivity contribution >= 4 is 9.84 Å². The summed E-state index contributed by atoms with van der Waals surface area (Å²) in [6, 6.07) is 0.484. The number of rotatable bonds is 12. The first-order chi connectivity index (χ1) is 8.49. The highest BCUT2D eigenvalue weighted by atomic mass is 32.2. The standard InChI is InChI=1S/C14H31NO2S/c1-4-5-6-7-8-9-11-14(15-2)12-10-13-18(3,16)17/h14-15H,4-13H2,1-3H3. The van der Waals surface area contributed by atoms with Gasteiger partial charge in [0.1, 0.15) is 9.84 Å². The van der Waals surface area contributed by atoms with Crippen LogP contribution in [0.5, 0.6) is 0 Å². The van der Waals surface area contributed by atoms with Crippen LogP contribution in [0.15, 0.2) is 0 Å². The Morgan fingerprint density at radius 1 is 0.944 bits per heavy atom. The average Bonchev–Trinajstić information content (AvgIpc) is 2.29. The van der Waals surface area contributed by atoms with Gasteiger partial charge in [-0.3, -0.25) is 0 Å². The summed E-state index contributed by atoms with van der Waals surface area (Å²) in [5, 5.41) is 3.30. The molecule has 1 atom stereocenters. The van der Waals surface area contributed by atoms with Crippen LogP contribution in [0.1, 0.15) is 64.7 Å². The van der Waals surface area contributed by atoms with E-state index < -0.39 is 9.84 Å². The fourth-order valence-electron chi connectivity index (χ4n) is 2.20. The maximum atomic E-state index is 11.0. The van der Waals surface area contributed by atoms with E-state index in [2.05, 4.69) is 12.2 Å². The molecule has 4 heteroatoms. The summed E-state index contributed by atoms with van der Waals surface area (Å²) in [4.78, 5) is 0. The predicted molar refractivity (Wildman–Crippen MR) is 79.8 cm³/mol. The van der Waals surface area contributed by atoms with Crippen LogP contribution in [0.3, 0.4) is 0 Å². The molecule has 0 amide bonds. The molecular formula is C14H31NO2S. The number of sulfone groups is 1. The van der Waals surface area contributed by atoms with Crippen LogP contribution in [0.2, 0.25) is 0 Å². The third kappa shape index (κ3) is 12.4. The van der Waals surface area contributed by atoms with Gasteiger partial charge in [0.15, 0.2) is 0 Å². The molecule has 0 aromatic heterocycles. The minimum atomic E-state index is -2.79. The largest absolute Gasteiger partial charge is 0.317 e. The Balaban J connectivity index is 3.52. The second kappa shape index (κ2) is 10.8. The average molecular weight is 277 g/mol. The van der Waals surface area contributed by atoms with Crippen molar-refractivity contribution in [2.24, 2.45) is 0 Å². The zero-order valence-corrected chi connectivity index (χ0v) is 13.2. The van der Waals surface area contributed by atoms with Gasteiger partial charge in [-0.15, -0.1) is 0 Å². The SMILES string of the molecule is CCCCCCCCC(CCCS(C)(=O)=O)NC. The molecule has 0 aliphatic carbocycles. The molecule has 0 aromatic carbocycles. The van der Waals surface area contributed by atoms with Gasteiger partial charge in [-0.1, -0.05) is 45.4 Å². The maximum absolute atomic E-state index is 11.0. The zero-order valence-electron chi connectivity index (χ0n) is 12.4. The molecule has 18 heavy (non-hydrogen) atoms. The lowest BCUT2D eigenvalue weighted by Crippen LogP contribution is -2.25. The smallest absolute Gasteiger partial charge is 0.147 e. The van der Waals surface area contributed by atoms with Crippen molar-refractivity contribution in [3.05, 3.63) is 0 Å². The van der Waals surface area contributed by atoms with Crippen molar-refractivity contribution in [2.45, 2.75) is 70.8 Å². The van der Waals surface area contributed by atoms with Gasteiger partial charge in [0.05, 0.1) is 0 Å². The van der Waals surface area contributed by atoms with Gasteiger partial charge < -0.3 is 5.32 Å². The Bertz CT molecular complexity index is 276. The Morgan fingerprint density at radius 3 is 2.06 bits per heavy atom. The molecule has 0 radical (unpaired) electrons. The van der Waals surface area contributed by atoms with E-state index in [1.807, 2.05) is 7.05 Å². The van der Waals surface area contributed by atoms with E-state index >= 15 is 0 Å². The highest BCUT2D eigenvalue weighted by Gasteiger charge is 2.08. The van der Waals surface area contributed by atoms with E-state index in [1.165, 1.54) is 51.2 Å². The monoisotopic (exact) mass is 277 g/mol. The number of hydrogen-bond acceptors (Lipinski definition) is 3.